The van der Waals surface area contributed by atoms with Crippen LogP contribution in [0.3, 0.4) is 0 Å². The lowest BCUT2D eigenvalue weighted by atomic mass is 9.82. The molecule has 10 nitrogen and oxygen atoms in total. The molecule has 1 saturated carbocycles. The summed E-state index contributed by atoms with van der Waals surface area (Å²) in [5.74, 6) is 0.409. The molecule has 0 spiro atoms. The Labute approximate surface area is 253 Å². The molecule has 0 radical (unpaired) electrons. The summed E-state index contributed by atoms with van der Waals surface area (Å²) < 4.78 is 1.61. The van der Waals surface area contributed by atoms with Crippen molar-refractivity contribution in [3.8, 4) is 0 Å². The van der Waals surface area contributed by atoms with Crippen LogP contribution < -0.4 is 16.0 Å². The van der Waals surface area contributed by atoms with Crippen molar-refractivity contribution in [1.29, 1.82) is 0 Å². The number of piperazine rings is 1. The van der Waals surface area contributed by atoms with Crippen molar-refractivity contribution in [2.75, 3.05) is 36.4 Å². The summed E-state index contributed by atoms with van der Waals surface area (Å²) in [5.41, 5.74) is 9.21. The van der Waals surface area contributed by atoms with Crippen molar-refractivity contribution >= 4 is 29.7 Å². The molecule has 2 aliphatic rings. The van der Waals surface area contributed by atoms with Crippen LogP contribution in [0.25, 0.3) is 0 Å². The molecule has 10 heteroatoms. The van der Waals surface area contributed by atoms with Gasteiger partial charge in [0.15, 0.2) is 0 Å². The van der Waals surface area contributed by atoms with E-state index in [2.05, 4.69) is 27.4 Å². The Kier molecular flexibility index (Phi) is 10.2. The van der Waals surface area contributed by atoms with E-state index in [-0.39, 0.29) is 17.7 Å². The average molecular weight is 586 g/mol. The standard InChI is InChI=1S/C33H43N7O3/c1-37-30(16-17-35-37)40(24-41)31(27-10-6-3-7-11-27)32(42)36-28-14-12-25(13-15-28)22-29(34)33(43)39-20-18-38(19-21-39)23-26-8-4-2-5-9-26/h2,4-5,8-9,12-17,24,27,29,31H,3,6-7,10-11,18-23,34H2,1H3,(H,36,42)/t29-,31+/m1/s1. The number of nitrogens with one attached hydrogen (secondary N) is 1. The van der Waals surface area contributed by atoms with Crippen LogP contribution in [-0.2, 0) is 34.4 Å². The number of nitrogens with zero attached hydrogens (tertiary/aromatic N) is 5. The maximum Gasteiger partial charge on any atom is 0.247 e. The van der Waals surface area contributed by atoms with E-state index >= 15 is 0 Å². The van der Waals surface area contributed by atoms with Gasteiger partial charge in [-0.05, 0) is 48.4 Å². The number of nitrogens with two attached hydrogens (primary N) is 1. The van der Waals surface area contributed by atoms with Gasteiger partial charge in [-0.1, -0.05) is 61.7 Å². The molecule has 2 heterocycles. The van der Waals surface area contributed by atoms with Crippen LogP contribution in [0.15, 0.2) is 66.9 Å². The van der Waals surface area contributed by atoms with Gasteiger partial charge < -0.3 is 16.0 Å². The highest BCUT2D eigenvalue weighted by atomic mass is 16.2. The van der Waals surface area contributed by atoms with Crippen LogP contribution in [0.1, 0.15) is 43.2 Å². The summed E-state index contributed by atoms with van der Waals surface area (Å²) in [7, 11) is 1.77. The van der Waals surface area contributed by atoms with Crippen molar-refractivity contribution in [2.24, 2.45) is 18.7 Å². The predicted octanol–water partition coefficient (Wildman–Crippen LogP) is 3.18. The number of hydrogen-bond donors (Lipinski definition) is 2. The Morgan fingerprint density at radius 3 is 2.30 bits per heavy atom. The molecule has 2 fully saturated rings. The summed E-state index contributed by atoms with van der Waals surface area (Å²) in [6.45, 7) is 3.87. The maximum atomic E-state index is 13.7. The lowest BCUT2D eigenvalue weighted by molar-refractivity contribution is -0.134. The van der Waals surface area contributed by atoms with Gasteiger partial charge in [0.1, 0.15) is 11.9 Å². The fourth-order valence-corrected chi connectivity index (χ4v) is 6.38. The Balaban J connectivity index is 1.16. The molecule has 1 aromatic heterocycles. The molecule has 2 atom stereocenters. The van der Waals surface area contributed by atoms with E-state index in [1.165, 1.54) is 10.5 Å². The Morgan fingerprint density at radius 2 is 1.67 bits per heavy atom. The summed E-state index contributed by atoms with van der Waals surface area (Å²) in [6.07, 6.45) is 7.81. The fraction of sp³-hybridized carbons (Fsp3) is 0.455. The fourth-order valence-electron chi connectivity index (χ4n) is 6.38. The molecule has 3 amide bonds. The highest BCUT2D eigenvalue weighted by Crippen LogP contribution is 2.31. The van der Waals surface area contributed by atoms with Crippen LogP contribution in [0, 0.1) is 5.92 Å². The zero-order valence-corrected chi connectivity index (χ0v) is 25.0. The Morgan fingerprint density at radius 1 is 0.977 bits per heavy atom. The van der Waals surface area contributed by atoms with Gasteiger partial charge in [0.05, 0.1) is 12.2 Å². The molecule has 228 valence electrons. The van der Waals surface area contributed by atoms with E-state index in [4.69, 9.17) is 5.73 Å². The van der Waals surface area contributed by atoms with Gasteiger partial charge in [0.25, 0.3) is 0 Å². The summed E-state index contributed by atoms with van der Waals surface area (Å²) in [5, 5.41) is 7.23. The number of benzene rings is 2. The van der Waals surface area contributed by atoms with Crippen molar-refractivity contribution in [1.82, 2.24) is 19.6 Å². The molecule has 1 aliphatic heterocycles. The Hall–Kier alpha value is -4.02. The number of rotatable bonds is 11. The minimum absolute atomic E-state index is 0.0313. The smallest absolute Gasteiger partial charge is 0.247 e. The highest BCUT2D eigenvalue weighted by Gasteiger charge is 2.36. The molecule has 5 rings (SSSR count). The predicted molar refractivity (Wildman–Crippen MR) is 167 cm³/mol. The second-order valence-corrected chi connectivity index (χ2v) is 11.8. The third kappa shape index (κ3) is 7.69. The summed E-state index contributed by atoms with van der Waals surface area (Å²) in [6, 6.07) is 18.3. The molecule has 3 N–H and O–H groups in total. The highest BCUT2D eigenvalue weighted by molar-refractivity contribution is 6.00. The van der Waals surface area contributed by atoms with Crippen LogP contribution >= 0.6 is 0 Å². The first-order valence-electron chi connectivity index (χ1n) is 15.3. The number of carbonyl (C=O) groups excluding carboxylic acids is 3. The van der Waals surface area contributed by atoms with Gasteiger partial charge in [0.2, 0.25) is 18.2 Å². The van der Waals surface area contributed by atoms with Crippen LogP contribution in [0.5, 0.6) is 0 Å². The third-order valence-corrected chi connectivity index (χ3v) is 8.77. The van der Waals surface area contributed by atoms with Crippen LogP contribution in [0.2, 0.25) is 0 Å². The quantitative estimate of drug-likeness (QED) is 0.334. The van der Waals surface area contributed by atoms with Gasteiger partial charge in [0, 0.05) is 51.5 Å². The van der Waals surface area contributed by atoms with Gasteiger partial charge in [-0.2, -0.15) is 5.10 Å². The normalized spacial score (nSPS) is 17.7. The number of hydrogen-bond acceptors (Lipinski definition) is 6. The number of aromatic nitrogens is 2. The number of aryl methyl sites for hydroxylation is 1. The van der Waals surface area contributed by atoms with Gasteiger partial charge >= 0.3 is 0 Å². The first-order chi connectivity index (χ1) is 20.9. The monoisotopic (exact) mass is 585 g/mol. The maximum absolute atomic E-state index is 13.7. The van der Waals surface area contributed by atoms with E-state index < -0.39 is 12.1 Å². The van der Waals surface area contributed by atoms with Gasteiger partial charge in [-0.3, -0.25) is 28.9 Å². The van der Waals surface area contributed by atoms with Crippen LogP contribution in [0.4, 0.5) is 11.5 Å². The summed E-state index contributed by atoms with van der Waals surface area (Å²) in [4.78, 5) is 44.8. The molecular formula is C33H43N7O3. The third-order valence-electron chi connectivity index (χ3n) is 8.77. The number of amides is 3. The van der Waals surface area contributed by atoms with Gasteiger partial charge in [-0.15, -0.1) is 0 Å². The molecule has 2 aromatic carbocycles. The minimum Gasteiger partial charge on any atom is -0.339 e. The topological polar surface area (TPSA) is 117 Å². The largest absolute Gasteiger partial charge is 0.339 e. The molecule has 1 saturated heterocycles. The van der Waals surface area contributed by atoms with Crippen molar-refractivity contribution < 1.29 is 14.4 Å². The number of carbonyl (C=O) groups is 3. The first kappa shape index (κ1) is 30.4. The lowest BCUT2D eigenvalue weighted by Gasteiger charge is -2.36. The van der Waals surface area contributed by atoms with Crippen molar-refractivity contribution in [3.05, 3.63) is 78.0 Å². The van der Waals surface area contributed by atoms with Crippen molar-refractivity contribution in [3.63, 3.8) is 0 Å². The number of anilines is 2. The second kappa shape index (κ2) is 14.4. The average Bonchev–Trinajstić information content (AvgIpc) is 3.46. The Bertz CT molecular complexity index is 1350. The van der Waals surface area contributed by atoms with E-state index in [9.17, 15) is 14.4 Å². The SMILES string of the molecule is Cn1nccc1N(C=O)[C@H](C(=O)Nc1ccc(C[C@@H](N)C(=O)N2CCN(Cc3ccccc3)CC2)cc1)C1CCCCC1. The minimum atomic E-state index is -0.632. The van der Waals surface area contributed by atoms with E-state index in [1.54, 1.807) is 24.0 Å². The van der Waals surface area contributed by atoms with E-state index in [0.29, 0.717) is 31.0 Å². The zero-order chi connectivity index (χ0) is 30.2. The molecule has 0 unspecified atom stereocenters. The zero-order valence-electron chi connectivity index (χ0n) is 25.0. The molecule has 0 bridgehead atoms. The first-order valence-corrected chi connectivity index (χ1v) is 15.3. The molecule has 1 aliphatic carbocycles. The van der Waals surface area contributed by atoms with Gasteiger partial charge in [-0.25, -0.2) is 0 Å². The van der Waals surface area contributed by atoms with E-state index in [0.717, 1.165) is 63.7 Å². The van der Waals surface area contributed by atoms with Crippen LogP contribution in [-0.4, -0.2) is 76.1 Å². The van der Waals surface area contributed by atoms with E-state index in [1.807, 2.05) is 47.4 Å². The molecule has 3 aromatic rings. The second-order valence-electron chi connectivity index (χ2n) is 11.8. The summed E-state index contributed by atoms with van der Waals surface area (Å²) >= 11 is 0. The molecular weight excluding hydrogens is 542 g/mol. The lowest BCUT2D eigenvalue weighted by Crippen LogP contribution is -2.53. The van der Waals surface area contributed by atoms with Crippen molar-refractivity contribution in [2.45, 2.75) is 57.2 Å². The molecule has 43 heavy (non-hydrogen) atoms.